The fourth-order valence-corrected chi connectivity index (χ4v) is 2.55. The van der Waals surface area contributed by atoms with E-state index in [1.54, 1.807) is 0 Å². The van der Waals surface area contributed by atoms with Crippen LogP contribution < -0.4 is 0 Å². The second-order valence-electron chi connectivity index (χ2n) is 7.52. The number of carbonyl (C=O) groups is 8. The van der Waals surface area contributed by atoms with Gasteiger partial charge < -0.3 is 39.0 Å². The van der Waals surface area contributed by atoms with Crippen LogP contribution in [0.15, 0.2) is 60.8 Å². The van der Waals surface area contributed by atoms with Gasteiger partial charge in [0.2, 0.25) is 0 Å². The predicted octanol–water partition coefficient (Wildman–Crippen LogP) is -1.18. The fourth-order valence-electron chi connectivity index (χ4n) is 2.55. The Hall–Kier alpha value is -5.70. The normalized spacial score (nSPS) is 13.5. The second-order valence-corrected chi connectivity index (χ2v) is 7.52. The lowest BCUT2D eigenvalue weighted by Crippen LogP contribution is -2.49. The average Bonchev–Trinajstić information content (AvgIpc) is 2.97. The van der Waals surface area contributed by atoms with Crippen LogP contribution >= 0.6 is 0 Å². The summed E-state index contributed by atoms with van der Waals surface area (Å²) in [6, 6.07) is 0. The van der Waals surface area contributed by atoms with Crippen molar-refractivity contribution in [2.24, 2.45) is 0 Å². The molecule has 0 spiro atoms. The van der Waals surface area contributed by atoms with Crippen molar-refractivity contribution in [1.29, 1.82) is 0 Å². The Labute approximate surface area is 251 Å². The van der Waals surface area contributed by atoms with Crippen molar-refractivity contribution in [1.82, 2.24) is 0 Å². The molecule has 3 atom stereocenters. The molecule has 0 aliphatic rings. The number of carbonyl (C=O) groups excluding carboxylic acids is 5. The molecule has 246 valence electrons. The third kappa shape index (κ3) is 20.8. The molecule has 5 N–H and O–H groups in total. The van der Waals surface area contributed by atoms with Crippen LogP contribution in [0.1, 0.15) is 0 Å². The molecule has 0 saturated carbocycles. The lowest BCUT2D eigenvalue weighted by molar-refractivity contribution is -0.232. The first-order valence-electron chi connectivity index (χ1n) is 11.8. The van der Waals surface area contributed by atoms with E-state index in [0.717, 1.165) is 12.2 Å². The largest absolute Gasteiger partial charge is 0.478 e. The zero-order chi connectivity index (χ0) is 34.2. The maximum absolute atomic E-state index is 12.5. The van der Waals surface area contributed by atoms with Gasteiger partial charge in [0, 0.05) is 48.6 Å². The molecule has 3 unspecified atom stereocenters. The highest BCUT2D eigenvalue weighted by Gasteiger charge is 2.39. The smallest absolute Gasteiger partial charge is 0.331 e. The molecule has 0 aromatic carbocycles. The van der Waals surface area contributed by atoms with Crippen LogP contribution in [0, 0.1) is 0 Å². The summed E-state index contributed by atoms with van der Waals surface area (Å²) in [7, 11) is 0. The minimum absolute atomic E-state index is 0.335. The minimum atomic E-state index is -2.10. The van der Waals surface area contributed by atoms with E-state index in [2.05, 4.69) is 9.78 Å². The number of esters is 5. The molecule has 20 heteroatoms. The molecule has 0 bridgehead atoms. The molecule has 0 aliphatic carbocycles. The zero-order valence-electron chi connectivity index (χ0n) is 22.7. The van der Waals surface area contributed by atoms with Crippen LogP contribution in [-0.2, 0) is 71.8 Å². The van der Waals surface area contributed by atoms with Crippen LogP contribution in [0.25, 0.3) is 0 Å². The maximum atomic E-state index is 12.5. The number of aliphatic carboxylic acids is 3. The second kappa shape index (κ2) is 22.8. The highest BCUT2D eigenvalue weighted by Crippen LogP contribution is 2.17. The molecule has 0 saturated heterocycles. The van der Waals surface area contributed by atoms with Gasteiger partial charge in [-0.05, 0) is 12.2 Å². The number of hydrogen-bond donors (Lipinski definition) is 5. The number of hydrogen-bond acceptors (Lipinski definition) is 17. The highest BCUT2D eigenvalue weighted by molar-refractivity contribution is 5.92. The SMILES string of the molecule is O=C(O)C=CC(=O)OCC(OC(=O)C=CCOO)C(OC(=O)C=CCOO)C(COC(=O)C=CC(=O)O)OC(=O)C=CC(=O)O. The van der Waals surface area contributed by atoms with Gasteiger partial charge >= 0.3 is 47.8 Å². The Kier molecular flexibility index (Phi) is 19.9. The Morgan fingerprint density at radius 2 is 0.800 bits per heavy atom. The average molecular weight is 646 g/mol. The monoisotopic (exact) mass is 646 g/mol. The first-order valence-corrected chi connectivity index (χ1v) is 11.8. The zero-order valence-corrected chi connectivity index (χ0v) is 22.7. The van der Waals surface area contributed by atoms with Crippen molar-refractivity contribution in [3.63, 3.8) is 0 Å². The van der Waals surface area contributed by atoms with Gasteiger partial charge in [-0.1, -0.05) is 0 Å². The van der Waals surface area contributed by atoms with Gasteiger partial charge in [0.25, 0.3) is 0 Å². The highest BCUT2D eigenvalue weighted by atomic mass is 17.1. The molecule has 0 heterocycles. The van der Waals surface area contributed by atoms with Gasteiger partial charge in [0.1, 0.15) is 26.4 Å². The van der Waals surface area contributed by atoms with Gasteiger partial charge in [-0.2, -0.15) is 0 Å². The summed E-state index contributed by atoms with van der Waals surface area (Å²) >= 11 is 0. The van der Waals surface area contributed by atoms with E-state index in [-0.39, 0.29) is 0 Å². The standard InChI is InChI=1S/C25H26O20/c26-17(27)5-8-20(32)39-13-15(43-22(34)3-1-11-41-37)25(45-23(35)4-2-12-42-38)16(44-24(36)10-7-19(30)31)14-40-21(33)9-6-18(28)29/h1-10,15-16,25,37-38H,11-14H2,(H,26,27)(H,28,29)(H,30,31). The Bertz CT molecular complexity index is 1210. The third-order valence-electron chi connectivity index (χ3n) is 4.24. The topological polar surface area (TPSA) is 302 Å². The van der Waals surface area contributed by atoms with Crippen molar-refractivity contribution in [3.05, 3.63) is 60.8 Å². The lowest BCUT2D eigenvalue weighted by Gasteiger charge is -2.31. The van der Waals surface area contributed by atoms with E-state index < -0.39 is 92.5 Å². The summed E-state index contributed by atoms with van der Waals surface area (Å²) < 4.78 is 25.0. The summed E-state index contributed by atoms with van der Waals surface area (Å²) in [5.41, 5.74) is 0. The van der Waals surface area contributed by atoms with Crippen molar-refractivity contribution in [2.75, 3.05) is 26.4 Å². The first kappa shape index (κ1) is 39.3. The summed E-state index contributed by atoms with van der Waals surface area (Å²) in [6.45, 7) is -3.20. The molecular weight excluding hydrogens is 620 g/mol. The van der Waals surface area contributed by atoms with E-state index in [1.807, 2.05) is 0 Å². The van der Waals surface area contributed by atoms with E-state index in [0.29, 0.717) is 48.6 Å². The number of carboxylic acids is 3. The number of carboxylic acid groups (broad SMARTS) is 3. The third-order valence-corrected chi connectivity index (χ3v) is 4.24. The fraction of sp³-hybridized carbons (Fsp3) is 0.280. The molecule has 45 heavy (non-hydrogen) atoms. The molecule has 0 fully saturated rings. The van der Waals surface area contributed by atoms with Gasteiger partial charge in [0.15, 0.2) is 18.3 Å². The van der Waals surface area contributed by atoms with Crippen molar-refractivity contribution >= 4 is 47.8 Å². The van der Waals surface area contributed by atoms with Crippen molar-refractivity contribution in [2.45, 2.75) is 18.3 Å². The number of rotatable bonds is 21. The summed E-state index contributed by atoms with van der Waals surface area (Å²) in [5.74, 6) is -11.4. The van der Waals surface area contributed by atoms with E-state index in [1.165, 1.54) is 0 Å². The van der Waals surface area contributed by atoms with E-state index >= 15 is 0 Å². The van der Waals surface area contributed by atoms with E-state index in [9.17, 15) is 38.4 Å². The van der Waals surface area contributed by atoms with Crippen LogP contribution in [0.4, 0.5) is 0 Å². The molecule has 0 radical (unpaired) electrons. The Morgan fingerprint density at radius 3 is 1.16 bits per heavy atom. The lowest BCUT2D eigenvalue weighted by atomic mass is 10.1. The first-order chi connectivity index (χ1) is 21.3. The van der Waals surface area contributed by atoms with Gasteiger partial charge in [0.05, 0.1) is 0 Å². The minimum Gasteiger partial charge on any atom is -0.478 e. The maximum Gasteiger partial charge on any atom is 0.331 e. The molecular formula is C25H26O20. The van der Waals surface area contributed by atoms with Crippen molar-refractivity contribution < 1.29 is 97.6 Å². The quantitative estimate of drug-likeness (QED) is 0.0322. The summed E-state index contributed by atoms with van der Waals surface area (Å²) in [4.78, 5) is 101. The number of ether oxygens (including phenoxy) is 5. The molecule has 0 amide bonds. The molecule has 0 aliphatic heterocycles. The predicted molar refractivity (Wildman–Crippen MR) is 137 cm³/mol. The van der Waals surface area contributed by atoms with Crippen LogP contribution in [0.3, 0.4) is 0 Å². The Morgan fingerprint density at radius 1 is 0.467 bits per heavy atom. The Balaban J connectivity index is 6.75. The van der Waals surface area contributed by atoms with Crippen LogP contribution in [0.2, 0.25) is 0 Å². The van der Waals surface area contributed by atoms with Crippen molar-refractivity contribution in [3.8, 4) is 0 Å². The summed E-state index contributed by atoms with van der Waals surface area (Å²) in [6.07, 6.45) is -0.554. The van der Waals surface area contributed by atoms with E-state index in [4.69, 9.17) is 49.5 Å². The van der Waals surface area contributed by atoms with Crippen LogP contribution in [-0.4, -0.2) is 118 Å². The molecule has 20 nitrogen and oxygen atoms in total. The molecule has 0 aromatic rings. The van der Waals surface area contributed by atoms with Gasteiger partial charge in [-0.3, -0.25) is 10.5 Å². The summed E-state index contributed by atoms with van der Waals surface area (Å²) in [5, 5.41) is 43.0. The van der Waals surface area contributed by atoms with Gasteiger partial charge in [-0.15, -0.1) is 0 Å². The van der Waals surface area contributed by atoms with Gasteiger partial charge in [-0.25, -0.2) is 48.1 Å². The van der Waals surface area contributed by atoms with Crippen LogP contribution in [0.5, 0.6) is 0 Å². The molecule has 0 rings (SSSR count). The molecule has 0 aromatic heterocycles.